The standard InChI is InChI=1S/C26H25N3O4/c1-32-22-11-10-18(15-23(22)33-2)12-14-28-25(30)21-16-20-9-6-13-27-24(20)29(26(21)31)17-19-7-4-3-5-8-19/h3-11,13,15-16H,12,14,17H2,1-2H3,(H,28,30). The second-order valence-corrected chi connectivity index (χ2v) is 7.55. The first-order chi connectivity index (χ1) is 16.1. The molecular formula is C26H25N3O4. The van der Waals surface area contributed by atoms with Gasteiger partial charge in [-0.3, -0.25) is 14.2 Å². The number of amides is 1. The first-order valence-corrected chi connectivity index (χ1v) is 10.6. The Balaban J connectivity index is 1.56. The van der Waals surface area contributed by atoms with E-state index in [-0.39, 0.29) is 11.1 Å². The van der Waals surface area contributed by atoms with Gasteiger partial charge in [-0.05, 0) is 47.9 Å². The number of fused-ring (bicyclic) bond motifs is 1. The van der Waals surface area contributed by atoms with Crippen LogP contribution >= 0.6 is 0 Å². The number of pyridine rings is 2. The van der Waals surface area contributed by atoms with E-state index in [1.807, 2.05) is 54.6 Å². The van der Waals surface area contributed by atoms with Crippen molar-refractivity contribution in [3.05, 3.63) is 100.0 Å². The van der Waals surface area contributed by atoms with Crippen LogP contribution in [0.2, 0.25) is 0 Å². The molecule has 0 saturated carbocycles. The molecule has 1 amide bonds. The molecule has 7 nitrogen and oxygen atoms in total. The number of methoxy groups -OCH3 is 2. The Bertz CT molecular complexity index is 1330. The van der Waals surface area contributed by atoms with Crippen molar-refractivity contribution in [1.29, 1.82) is 0 Å². The fraction of sp³-hybridized carbons (Fsp3) is 0.192. The Kier molecular flexibility index (Phi) is 6.69. The molecule has 0 aliphatic heterocycles. The van der Waals surface area contributed by atoms with Gasteiger partial charge in [-0.1, -0.05) is 36.4 Å². The minimum absolute atomic E-state index is 0.0961. The van der Waals surface area contributed by atoms with Gasteiger partial charge in [0, 0.05) is 18.1 Å². The number of aromatic nitrogens is 2. The molecule has 0 spiro atoms. The molecule has 0 fully saturated rings. The third kappa shape index (κ3) is 4.87. The zero-order valence-corrected chi connectivity index (χ0v) is 18.6. The van der Waals surface area contributed by atoms with E-state index < -0.39 is 5.91 Å². The summed E-state index contributed by atoms with van der Waals surface area (Å²) in [6.07, 6.45) is 2.23. The Labute approximate surface area is 191 Å². The van der Waals surface area contributed by atoms with Gasteiger partial charge in [-0.15, -0.1) is 0 Å². The highest BCUT2D eigenvalue weighted by Gasteiger charge is 2.16. The molecule has 4 rings (SSSR count). The van der Waals surface area contributed by atoms with E-state index in [1.165, 1.54) is 0 Å². The van der Waals surface area contributed by atoms with Crippen LogP contribution in [0.1, 0.15) is 21.5 Å². The van der Waals surface area contributed by atoms with Gasteiger partial charge < -0.3 is 14.8 Å². The lowest BCUT2D eigenvalue weighted by Gasteiger charge is -2.13. The largest absolute Gasteiger partial charge is 0.493 e. The SMILES string of the molecule is COc1ccc(CCNC(=O)c2cc3cccnc3n(Cc3ccccc3)c2=O)cc1OC. The van der Waals surface area contributed by atoms with Gasteiger partial charge in [0.1, 0.15) is 11.2 Å². The molecule has 0 radical (unpaired) electrons. The van der Waals surface area contributed by atoms with Gasteiger partial charge in [0.25, 0.3) is 11.5 Å². The Hall–Kier alpha value is -4.13. The smallest absolute Gasteiger partial charge is 0.265 e. The molecule has 4 aromatic rings. The number of nitrogens with zero attached hydrogens (tertiary/aromatic N) is 2. The minimum Gasteiger partial charge on any atom is -0.493 e. The number of hydrogen-bond acceptors (Lipinski definition) is 5. The van der Waals surface area contributed by atoms with E-state index in [0.29, 0.717) is 36.7 Å². The molecule has 0 atom stereocenters. The van der Waals surface area contributed by atoms with Gasteiger partial charge in [0.15, 0.2) is 11.5 Å². The molecule has 1 N–H and O–H groups in total. The molecule has 7 heteroatoms. The van der Waals surface area contributed by atoms with E-state index in [4.69, 9.17) is 9.47 Å². The average Bonchev–Trinajstić information content (AvgIpc) is 2.86. The van der Waals surface area contributed by atoms with Crippen molar-refractivity contribution < 1.29 is 14.3 Å². The van der Waals surface area contributed by atoms with E-state index in [0.717, 1.165) is 16.5 Å². The Morgan fingerprint density at radius 1 is 0.939 bits per heavy atom. The number of rotatable bonds is 8. The predicted octanol–water partition coefficient (Wildman–Crippen LogP) is 3.43. The monoisotopic (exact) mass is 443 g/mol. The highest BCUT2D eigenvalue weighted by molar-refractivity contribution is 5.96. The van der Waals surface area contributed by atoms with Gasteiger partial charge >= 0.3 is 0 Å². The molecular weight excluding hydrogens is 418 g/mol. The van der Waals surface area contributed by atoms with Crippen LogP contribution in [-0.4, -0.2) is 36.2 Å². The summed E-state index contributed by atoms with van der Waals surface area (Å²) >= 11 is 0. The van der Waals surface area contributed by atoms with E-state index in [2.05, 4.69) is 10.3 Å². The Morgan fingerprint density at radius 3 is 2.48 bits per heavy atom. The maximum absolute atomic E-state index is 13.2. The summed E-state index contributed by atoms with van der Waals surface area (Å²) in [5, 5.41) is 3.60. The number of hydrogen-bond donors (Lipinski definition) is 1. The summed E-state index contributed by atoms with van der Waals surface area (Å²) in [4.78, 5) is 30.6. The fourth-order valence-corrected chi connectivity index (χ4v) is 3.73. The van der Waals surface area contributed by atoms with E-state index >= 15 is 0 Å². The summed E-state index contributed by atoms with van der Waals surface area (Å²) < 4.78 is 12.1. The van der Waals surface area contributed by atoms with Crippen LogP contribution in [0.15, 0.2) is 77.7 Å². The number of carbonyl (C=O) groups is 1. The van der Waals surface area contributed by atoms with Gasteiger partial charge in [0.2, 0.25) is 0 Å². The normalized spacial score (nSPS) is 10.7. The third-order valence-corrected chi connectivity index (χ3v) is 5.42. The first-order valence-electron chi connectivity index (χ1n) is 10.6. The number of benzene rings is 2. The molecule has 33 heavy (non-hydrogen) atoms. The van der Waals surface area contributed by atoms with Crippen LogP contribution in [0.5, 0.6) is 11.5 Å². The quantitative estimate of drug-likeness (QED) is 0.451. The molecule has 0 saturated heterocycles. The van der Waals surface area contributed by atoms with Crippen molar-refractivity contribution >= 4 is 16.9 Å². The number of carbonyl (C=O) groups excluding carboxylic acids is 1. The van der Waals surface area contributed by atoms with Crippen LogP contribution in [0, 0.1) is 0 Å². The molecule has 168 valence electrons. The first kappa shape index (κ1) is 22.1. The van der Waals surface area contributed by atoms with Crippen molar-refractivity contribution in [2.75, 3.05) is 20.8 Å². The zero-order valence-electron chi connectivity index (χ0n) is 18.6. The van der Waals surface area contributed by atoms with Crippen molar-refractivity contribution in [3.63, 3.8) is 0 Å². The lowest BCUT2D eigenvalue weighted by molar-refractivity contribution is 0.0952. The van der Waals surface area contributed by atoms with Crippen LogP contribution in [0.4, 0.5) is 0 Å². The number of ether oxygens (including phenoxy) is 2. The molecule has 2 aromatic heterocycles. The highest BCUT2D eigenvalue weighted by Crippen LogP contribution is 2.27. The van der Waals surface area contributed by atoms with Crippen molar-refractivity contribution in [3.8, 4) is 11.5 Å². The molecule has 2 heterocycles. The number of nitrogens with one attached hydrogen (secondary N) is 1. The van der Waals surface area contributed by atoms with Crippen LogP contribution in [-0.2, 0) is 13.0 Å². The second-order valence-electron chi connectivity index (χ2n) is 7.55. The topological polar surface area (TPSA) is 82.5 Å². The summed E-state index contributed by atoms with van der Waals surface area (Å²) in [5.41, 5.74) is 2.22. The zero-order chi connectivity index (χ0) is 23.2. The van der Waals surface area contributed by atoms with Crippen molar-refractivity contribution in [2.45, 2.75) is 13.0 Å². The highest BCUT2D eigenvalue weighted by atomic mass is 16.5. The maximum atomic E-state index is 13.2. The molecule has 2 aromatic carbocycles. The molecule has 0 bridgehead atoms. The fourth-order valence-electron chi connectivity index (χ4n) is 3.73. The van der Waals surface area contributed by atoms with Gasteiger partial charge in [-0.25, -0.2) is 4.98 Å². The van der Waals surface area contributed by atoms with E-state index in [1.54, 1.807) is 37.1 Å². The van der Waals surface area contributed by atoms with E-state index in [9.17, 15) is 9.59 Å². The summed E-state index contributed by atoms with van der Waals surface area (Å²) in [6, 6.07) is 20.5. The van der Waals surface area contributed by atoms with Crippen LogP contribution in [0.3, 0.4) is 0 Å². The lowest BCUT2D eigenvalue weighted by Crippen LogP contribution is -2.34. The Morgan fingerprint density at radius 2 is 1.73 bits per heavy atom. The van der Waals surface area contributed by atoms with Gasteiger partial charge in [0.05, 0.1) is 20.8 Å². The minimum atomic E-state index is -0.409. The summed E-state index contributed by atoms with van der Waals surface area (Å²) in [5.74, 6) is 0.870. The maximum Gasteiger partial charge on any atom is 0.265 e. The van der Waals surface area contributed by atoms with Crippen LogP contribution in [0.25, 0.3) is 11.0 Å². The molecule has 0 aliphatic rings. The molecule has 0 aliphatic carbocycles. The van der Waals surface area contributed by atoms with Crippen LogP contribution < -0.4 is 20.3 Å². The predicted molar refractivity (Wildman–Crippen MR) is 127 cm³/mol. The third-order valence-electron chi connectivity index (χ3n) is 5.42. The van der Waals surface area contributed by atoms with Gasteiger partial charge in [-0.2, -0.15) is 0 Å². The van der Waals surface area contributed by atoms with Crippen molar-refractivity contribution in [2.24, 2.45) is 0 Å². The summed E-state index contributed by atoms with van der Waals surface area (Å²) in [7, 11) is 3.17. The second kappa shape index (κ2) is 9.99. The van der Waals surface area contributed by atoms with Crippen molar-refractivity contribution in [1.82, 2.24) is 14.9 Å². The molecule has 0 unspecified atom stereocenters. The summed E-state index contributed by atoms with van der Waals surface area (Å²) in [6.45, 7) is 0.706. The lowest BCUT2D eigenvalue weighted by atomic mass is 10.1. The average molecular weight is 444 g/mol.